The van der Waals surface area contributed by atoms with Crippen LogP contribution in [-0.4, -0.2) is 5.97 Å². The molecule has 158 valence electrons. The second-order valence-corrected chi connectivity index (χ2v) is 7.25. The third-order valence-corrected chi connectivity index (χ3v) is 4.73. The van der Waals surface area contributed by atoms with Crippen LogP contribution in [0.3, 0.4) is 0 Å². The summed E-state index contributed by atoms with van der Waals surface area (Å²) in [7, 11) is 0. The second kappa shape index (κ2) is 8.39. The molecule has 31 heavy (non-hydrogen) atoms. The molecule has 0 spiro atoms. The minimum atomic E-state index is -1.40. The molecular weight excluding hydrogens is 400 g/mol. The van der Waals surface area contributed by atoms with Gasteiger partial charge in [-0.25, -0.2) is 0 Å². The van der Waals surface area contributed by atoms with Gasteiger partial charge >= 0.3 is 0 Å². The van der Waals surface area contributed by atoms with Crippen LogP contribution >= 0.6 is 0 Å². The molecule has 0 N–H and O–H groups in total. The van der Waals surface area contributed by atoms with Crippen LogP contribution in [-0.2, 0) is 6.61 Å². The lowest BCUT2D eigenvalue weighted by atomic mass is 10.0. The number of fused-ring (bicyclic) bond motifs is 1. The molecule has 7 heteroatoms. The van der Waals surface area contributed by atoms with Crippen molar-refractivity contribution in [1.29, 1.82) is 0 Å². The Morgan fingerprint density at radius 3 is 2.45 bits per heavy atom. The number of hydrogen-bond acceptors (Lipinski definition) is 7. The van der Waals surface area contributed by atoms with Gasteiger partial charge in [-0.2, -0.15) is 0 Å². The van der Waals surface area contributed by atoms with Gasteiger partial charge in [0, 0.05) is 6.07 Å². The van der Waals surface area contributed by atoms with E-state index in [0.29, 0.717) is 34.1 Å². The summed E-state index contributed by atoms with van der Waals surface area (Å²) < 4.78 is 22.0. The number of carboxylic acid groups (broad SMARTS) is 1. The van der Waals surface area contributed by atoms with Crippen LogP contribution in [0.5, 0.6) is 17.2 Å². The van der Waals surface area contributed by atoms with Gasteiger partial charge in [-0.1, -0.05) is 26.0 Å². The van der Waals surface area contributed by atoms with Gasteiger partial charge in [0.15, 0.2) is 0 Å². The quantitative estimate of drug-likeness (QED) is 0.441. The fourth-order valence-electron chi connectivity index (χ4n) is 3.02. The van der Waals surface area contributed by atoms with Crippen LogP contribution in [0.4, 0.5) is 0 Å². The number of hydrogen-bond donors (Lipinski definition) is 0. The number of ether oxygens (including phenoxy) is 2. The third kappa shape index (κ3) is 4.45. The van der Waals surface area contributed by atoms with Gasteiger partial charge < -0.3 is 28.2 Å². The maximum Gasteiger partial charge on any atom is 0.235 e. The lowest BCUT2D eigenvalue weighted by Crippen LogP contribution is -2.21. The molecule has 0 aliphatic rings. The van der Waals surface area contributed by atoms with Crippen molar-refractivity contribution in [3.8, 4) is 17.2 Å². The van der Waals surface area contributed by atoms with E-state index in [2.05, 4.69) is 13.8 Å². The number of carbonyl (C=O) groups is 1. The molecule has 4 aromatic rings. The Kier molecular flexibility index (Phi) is 5.49. The van der Waals surface area contributed by atoms with Crippen molar-refractivity contribution in [1.82, 2.24) is 0 Å². The summed E-state index contributed by atoms with van der Waals surface area (Å²) in [6.07, 6.45) is 1.27. The molecule has 2 aromatic heterocycles. The summed E-state index contributed by atoms with van der Waals surface area (Å²) in [5, 5.41) is 11.1. The van der Waals surface area contributed by atoms with Crippen LogP contribution < -0.4 is 20.0 Å². The van der Waals surface area contributed by atoms with Gasteiger partial charge in [-0.15, -0.1) is 0 Å². The van der Waals surface area contributed by atoms with E-state index in [1.165, 1.54) is 24.0 Å². The van der Waals surface area contributed by atoms with Crippen LogP contribution in [0, 0.1) is 0 Å². The molecular formula is C24H19O7-. The number of carbonyl (C=O) groups excluding carboxylic acids is 1. The Labute approximate surface area is 177 Å². The van der Waals surface area contributed by atoms with Crippen LogP contribution in [0.15, 0.2) is 74.5 Å². The highest BCUT2D eigenvalue weighted by Gasteiger charge is 2.11. The summed E-state index contributed by atoms with van der Waals surface area (Å²) >= 11 is 0. The minimum absolute atomic E-state index is 0.0105. The number of carboxylic acids is 1. The molecule has 2 aromatic carbocycles. The van der Waals surface area contributed by atoms with Crippen LogP contribution in [0.25, 0.3) is 11.0 Å². The highest BCUT2D eigenvalue weighted by atomic mass is 16.5. The number of benzene rings is 2. The molecule has 0 radical (unpaired) electrons. The Morgan fingerprint density at radius 2 is 1.77 bits per heavy atom. The minimum Gasteiger partial charge on any atom is -0.542 e. The van der Waals surface area contributed by atoms with E-state index in [-0.39, 0.29) is 23.5 Å². The Balaban J connectivity index is 1.50. The molecule has 2 heterocycles. The van der Waals surface area contributed by atoms with E-state index < -0.39 is 5.97 Å². The molecule has 0 saturated heterocycles. The zero-order chi connectivity index (χ0) is 22.0. The van der Waals surface area contributed by atoms with Crippen LogP contribution in [0.1, 0.15) is 41.6 Å². The average Bonchev–Trinajstić information content (AvgIpc) is 3.24. The topological polar surface area (TPSA) is 102 Å². The first kappa shape index (κ1) is 20.3. The predicted octanol–water partition coefficient (Wildman–Crippen LogP) is 4.24. The first-order chi connectivity index (χ1) is 14.9. The molecule has 0 saturated carbocycles. The van der Waals surface area contributed by atoms with E-state index in [0.717, 1.165) is 0 Å². The zero-order valence-corrected chi connectivity index (χ0v) is 16.9. The standard InChI is InChI=1S/C24H20O7/c1-14(2)15-3-5-16(6-4-15)30-22-13-29-21-11-17(7-9-19(21)23(22)25)28-12-18-8-10-20(31-18)24(26)27/h3-11,13-14H,12H2,1-2H3,(H,26,27)/p-1. The second-order valence-electron chi connectivity index (χ2n) is 7.25. The summed E-state index contributed by atoms with van der Waals surface area (Å²) in [4.78, 5) is 23.5. The van der Waals surface area contributed by atoms with Crippen molar-refractivity contribution in [2.45, 2.75) is 26.4 Å². The Morgan fingerprint density at radius 1 is 1.03 bits per heavy atom. The van der Waals surface area contributed by atoms with Gasteiger partial charge in [-0.3, -0.25) is 4.79 Å². The monoisotopic (exact) mass is 419 g/mol. The zero-order valence-electron chi connectivity index (χ0n) is 16.9. The van der Waals surface area contributed by atoms with E-state index in [4.69, 9.17) is 18.3 Å². The Bertz CT molecular complexity index is 1280. The van der Waals surface area contributed by atoms with E-state index in [1.807, 2.05) is 24.3 Å². The predicted molar refractivity (Wildman–Crippen MR) is 110 cm³/mol. The smallest absolute Gasteiger partial charge is 0.235 e. The molecule has 0 fully saturated rings. The molecule has 7 nitrogen and oxygen atoms in total. The van der Waals surface area contributed by atoms with Crippen molar-refractivity contribution in [3.63, 3.8) is 0 Å². The SMILES string of the molecule is CC(C)c1ccc(Oc2coc3cc(OCc4ccc(C(=O)[O-])o4)ccc3c2=O)cc1. The number of furan rings is 1. The van der Waals surface area contributed by atoms with Crippen molar-refractivity contribution >= 4 is 16.9 Å². The third-order valence-electron chi connectivity index (χ3n) is 4.73. The summed E-state index contributed by atoms with van der Waals surface area (Å²) in [5.74, 6) is 0.129. The first-order valence-electron chi connectivity index (χ1n) is 9.67. The molecule has 0 amide bonds. The van der Waals surface area contributed by atoms with Crippen molar-refractivity contribution in [2.75, 3.05) is 0 Å². The number of aromatic carboxylic acids is 1. The fraction of sp³-hybridized carbons (Fsp3) is 0.167. The van der Waals surface area contributed by atoms with Gasteiger partial charge in [0.05, 0.1) is 5.39 Å². The first-order valence-corrected chi connectivity index (χ1v) is 9.67. The van der Waals surface area contributed by atoms with Crippen LogP contribution in [0.2, 0.25) is 0 Å². The fourth-order valence-corrected chi connectivity index (χ4v) is 3.02. The molecule has 0 atom stereocenters. The lowest BCUT2D eigenvalue weighted by Gasteiger charge is -2.09. The summed E-state index contributed by atoms with van der Waals surface area (Å²) in [5.41, 5.74) is 1.21. The highest BCUT2D eigenvalue weighted by Crippen LogP contribution is 2.26. The normalized spacial score (nSPS) is 11.1. The summed E-state index contributed by atoms with van der Waals surface area (Å²) in [6, 6.07) is 15.1. The van der Waals surface area contributed by atoms with Gasteiger partial charge in [0.2, 0.25) is 11.2 Å². The molecule has 4 rings (SSSR count). The molecule has 0 aliphatic carbocycles. The van der Waals surface area contributed by atoms with Crippen molar-refractivity contribution in [2.24, 2.45) is 0 Å². The average molecular weight is 419 g/mol. The van der Waals surface area contributed by atoms with Gasteiger partial charge in [0.25, 0.3) is 0 Å². The highest BCUT2D eigenvalue weighted by molar-refractivity contribution is 5.82. The number of rotatable bonds is 7. The lowest BCUT2D eigenvalue weighted by molar-refractivity contribution is -0.257. The van der Waals surface area contributed by atoms with Crippen molar-refractivity contribution < 1.29 is 28.2 Å². The maximum atomic E-state index is 12.8. The summed E-state index contributed by atoms with van der Waals surface area (Å²) in [6.45, 7) is 4.22. The van der Waals surface area contributed by atoms with E-state index in [1.54, 1.807) is 18.2 Å². The maximum absolute atomic E-state index is 12.8. The Hall–Kier alpha value is -4.00. The largest absolute Gasteiger partial charge is 0.542 e. The molecule has 0 aliphatic heterocycles. The van der Waals surface area contributed by atoms with Gasteiger partial charge in [-0.05, 0) is 47.9 Å². The van der Waals surface area contributed by atoms with Crippen molar-refractivity contribution in [3.05, 3.63) is 88.2 Å². The van der Waals surface area contributed by atoms with Gasteiger partial charge in [0.1, 0.15) is 47.4 Å². The van der Waals surface area contributed by atoms with E-state index >= 15 is 0 Å². The molecule has 0 unspecified atom stereocenters. The van der Waals surface area contributed by atoms with E-state index in [9.17, 15) is 14.7 Å². The molecule has 0 bridgehead atoms.